The van der Waals surface area contributed by atoms with E-state index in [1.807, 2.05) is 0 Å². The summed E-state index contributed by atoms with van der Waals surface area (Å²) < 4.78 is 32.1. The highest BCUT2D eigenvalue weighted by Crippen LogP contribution is 2.10. The molecule has 220 valence electrons. The van der Waals surface area contributed by atoms with Gasteiger partial charge in [0.1, 0.15) is 0 Å². The Bertz CT molecular complexity index is 786. The molecule has 6 nitrogen and oxygen atoms in total. The van der Waals surface area contributed by atoms with Crippen molar-refractivity contribution < 1.29 is 22.9 Å². The number of hydrogen-bond acceptors (Lipinski definition) is 4. The minimum atomic E-state index is -4.35. The summed E-state index contributed by atoms with van der Waals surface area (Å²) in [6.45, 7) is 4.37. The summed E-state index contributed by atoms with van der Waals surface area (Å²) in [5.41, 5.74) is 0. The number of hydrogen-bond donors (Lipinski definition) is 3. The zero-order valence-electron chi connectivity index (χ0n) is 24.0. The first-order valence-electron chi connectivity index (χ1n) is 14.8. The molecule has 0 heterocycles. The average Bonchev–Trinajstić information content (AvgIpc) is 2.86. The summed E-state index contributed by atoms with van der Waals surface area (Å²) in [6, 6.07) is -1.08. The number of nitrogens with one attached hydrogen (secondary N) is 1. The number of amides is 1. The van der Waals surface area contributed by atoms with E-state index in [9.17, 15) is 22.9 Å². The van der Waals surface area contributed by atoms with Crippen molar-refractivity contribution in [3.8, 4) is 0 Å². The lowest BCUT2D eigenvalue weighted by molar-refractivity contribution is -0.122. The minimum absolute atomic E-state index is 0.272. The van der Waals surface area contributed by atoms with Crippen molar-refractivity contribution in [2.45, 2.75) is 135 Å². The van der Waals surface area contributed by atoms with Crippen molar-refractivity contribution in [2.75, 3.05) is 5.75 Å². The van der Waals surface area contributed by atoms with Crippen LogP contribution >= 0.6 is 0 Å². The zero-order chi connectivity index (χ0) is 28.3. The highest BCUT2D eigenvalue weighted by Gasteiger charge is 2.24. The van der Waals surface area contributed by atoms with Gasteiger partial charge < -0.3 is 10.4 Å². The summed E-state index contributed by atoms with van der Waals surface area (Å²) in [5.74, 6) is -1.03. The van der Waals surface area contributed by atoms with Gasteiger partial charge in [0.15, 0.2) is 0 Å². The lowest BCUT2D eigenvalue weighted by atomic mass is 10.1. The lowest BCUT2D eigenvalue weighted by Crippen LogP contribution is -2.46. The van der Waals surface area contributed by atoms with Gasteiger partial charge in [-0.3, -0.25) is 9.35 Å². The van der Waals surface area contributed by atoms with Gasteiger partial charge in [-0.25, -0.2) is 0 Å². The normalized spacial score (nSPS) is 14.3. The van der Waals surface area contributed by atoms with Gasteiger partial charge in [-0.15, -0.1) is 0 Å². The fourth-order valence-electron chi connectivity index (χ4n) is 3.95. The molecule has 0 saturated heterocycles. The van der Waals surface area contributed by atoms with E-state index in [0.717, 1.165) is 64.2 Å². The van der Waals surface area contributed by atoms with E-state index in [2.05, 4.69) is 55.6 Å². The van der Waals surface area contributed by atoms with Gasteiger partial charge in [0.05, 0.1) is 17.9 Å². The fraction of sp³-hybridized carbons (Fsp3) is 0.710. The topological polar surface area (TPSA) is 104 Å². The molecule has 0 fully saturated rings. The van der Waals surface area contributed by atoms with Gasteiger partial charge in [0.25, 0.3) is 10.1 Å². The fourth-order valence-corrected chi connectivity index (χ4v) is 4.68. The molecule has 0 aliphatic carbocycles. The minimum Gasteiger partial charge on any atom is -0.387 e. The Kier molecular flexibility index (Phi) is 24.4. The molecule has 2 atom stereocenters. The molecule has 3 N–H and O–H groups in total. The molecule has 0 aromatic rings. The summed E-state index contributed by atoms with van der Waals surface area (Å²) >= 11 is 0. The third-order valence-electron chi connectivity index (χ3n) is 6.19. The smallest absolute Gasteiger partial charge is 0.267 e. The molecule has 0 aliphatic rings. The molecule has 0 spiro atoms. The first-order valence-corrected chi connectivity index (χ1v) is 16.4. The van der Waals surface area contributed by atoms with E-state index >= 15 is 0 Å². The second-order valence-electron chi connectivity index (χ2n) is 10.0. The predicted octanol–water partition coefficient (Wildman–Crippen LogP) is 7.62. The van der Waals surface area contributed by atoms with Crippen LogP contribution in [-0.2, 0) is 14.9 Å². The maximum absolute atomic E-state index is 12.3. The van der Waals surface area contributed by atoms with Crippen molar-refractivity contribution in [2.24, 2.45) is 0 Å². The van der Waals surface area contributed by atoms with Gasteiger partial charge in [-0.1, -0.05) is 101 Å². The Balaban J connectivity index is 4.22. The van der Waals surface area contributed by atoms with Crippen LogP contribution in [0.1, 0.15) is 123 Å². The van der Waals surface area contributed by atoms with Crippen LogP contribution in [0.2, 0.25) is 0 Å². The average molecular weight is 554 g/mol. The number of aliphatic hydroxyl groups is 1. The Morgan fingerprint density at radius 2 is 1.18 bits per heavy atom. The van der Waals surface area contributed by atoms with Gasteiger partial charge in [0.2, 0.25) is 5.91 Å². The molecule has 0 saturated carbocycles. The first kappa shape index (κ1) is 36.3. The second kappa shape index (κ2) is 25.6. The van der Waals surface area contributed by atoms with E-state index in [-0.39, 0.29) is 12.3 Å². The molecular weight excluding hydrogens is 498 g/mol. The lowest BCUT2D eigenvalue weighted by Gasteiger charge is -2.21. The number of carbonyl (C=O) groups is 1. The van der Waals surface area contributed by atoms with Crippen molar-refractivity contribution >= 4 is 16.0 Å². The van der Waals surface area contributed by atoms with Gasteiger partial charge in [-0.05, 0) is 64.2 Å². The molecule has 0 aliphatic heterocycles. The maximum atomic E-state index is 12.3. The van der Waals surface area contributed by atoms with Crippen LogP contribution in [0.25, 0.3) is 0 Å². The van der Waals surface area contributed by atoms with Crippen LogP contribution in [0.5, 0.6) is 0 Å². The van der Waals surface area contributed by atoms with E-state index < -0.39 is 28.0 Å². The van der Waals surface area contributed by atoms with Gasteiger partial charge in [0, 0.05) is 6.42 Å². The SMILES string of the molecule is CCC/C=C/CC/C=C/CC/C=C/C(O)C(CS(=O)(=O)O)NC(=O)CCCCCCC/C=C\CCCCC. The number of rotatable bonds is 25. The van der Waals surface area contributed by atoms with Crippen LogP contribution in [0.4, 0.5) is 0 Å². The van der Waals surface area contributed by atoms with Gasteiger partial charge >= 0.3 is 0 Å². The predicted molar refractivity (Wildman–Crippen MR) is 161 cm³/mol. The van der Waals surface area contributed by atoms with Crippen molar-refractivity contribution in [3.05, 3.63) is 48.6 Å². The Labute approximate surface area is 233 Å². The number of carbonyl (C=O) groups excluding carboxylic acids is 1. The number of allylic oxidation sites excluding steroid dienone is 7. The monoisotopic (exact) mass is 553 g/mol. The van der Waals surface area contributed by atoms with E-state index in [0.29, 0.717) is 12.8 Å². The highest BCUT2D eigenvalue weighted by atomic mass is 32.2. The molecule has 1 amide bonds. The molecule has 0 rings (SSSR count). The molecule has 7 heteroatoms. The molecule has 2 unspecified atom stereocenters. The van der Waals surface area contributed by atoms with Crippen molar-refractivity contribution in [1.82, 2.24) is 5.32 Å². The standard InChI is InChI=1S/C31H55NO5S/c1-3-5-7-9-11-13-15-17-19-21-23-25-27-31(34)32-29(28-38(35,36)37)30(33)26-24-22-20-18-16-14-12-10-8-6-4-2/h8,10-11,13,16,18,24,26,29-30,33H,3-7,9,12,14-15,17,19-23,25,27-28H2,1-2H3,(H,32,34)(H,35,36,37)/b10-8+,13-11-,18-16+,26-24+. The van der Waals surface area contributed by atoms with Crippen LogP contribution in [0.3, 0.4) is 0 Å². The molecule has 38 heavy (non-hydrogen) atoms. The largest absolute Gasteiger partial charge is 0.387 e. The highest BCUT2D eigenvalue weighted by molar-refractivity contribution is 7.85. The Morgan fingerprint density at radius 1 is 0.684 bits per heavy atom. The third kappa shape index (κ3) is 25.9. The second-order valence-corrected chi connectivity index (χ2v) is 11.5. The molecule has 0 aromatic carbocycles. The molecule has 0 bridgehead atoms. The van der Waals surface area contributed by atoms with Crippen LogP contribution in [-0.4, -0.2) is 41.9 Å². The van der Waals surface area contributed by atoms with Crippen molar-refractivity contribution in [1.29, 1.82) is 0 Å². The summed E-state index contributed by atoms with van der Waals surface area (Å²) in [5, 5.41) is 13.0. The summed E-state index contributed by atoms with van der Waals surface area (Å²) in [6.07, 6.45) is 32.4. The van der Waals surface area contributed by atoms with E-state index in [1.165, 1.54) is 31.8 Å². The third-order valence-corrected chi connectivity index (χ3v) is 6.97. The van der Waals surface area contributed by atoms with Crippen LogP contribution in [0, 0.1) is 0 Å². The first-order chi connectivity index (χ1) is 18.3. The maximum Gasteiger partial charge on any atom is 0.267 e. The number of aliphatic hydroxyl groups excluding tert-OH is 1. The van der Waals surface area contributed by atoms with E-state index in [1.54, 1.807) is 6.08 Å². The Hall–Kier alpha value is -1.70. The summed E-state index contributed by atoms with van der Waals surface area (Å²) in [7, 11) is -4.35. The van der Waals surface area contributed by atoms with Gasteiger partial charge in [-0.2, -0.15) is 8.42 Å². The van der Waals surface area contributed by atoms with Crippen LogP contribution < -0.4 is 5.32 Å². The zero-order valence-corrected chi connectivity index (χ0v) is 24.8. The van der Waals surface area contributed by atoms with E-state index in [4.69, 9.17) is 0 Å². The quantitative estimate of drug-likeness (QED) is 0.0613. The van der Waals surface area contributed by atoms with Crippen molar-refractivity contribution in [3.63, 3.8) is 0 Å². The Morgan fingerprint density at radius 3 is 1.76 bits per heavy atom. The molecule has 0 aromatic heterocycles. The summed E-state index contributed by atoms with van der Waals surface area (Å²) in [4.78, 5) is 12.3. The molecular formula is C31H55NO5S. The molecule has 0 radical (unpaired) electrons. The number of unbranched alkanes of at least 4 members (excludes halogenated alkanes) is 11. The van der Waals surface area contributed by atoms with Crippen LogP contribution in [0.15, 0.2) is 48.6 Å².